The number of hydrogen-bond donors (Lipinski definition) is 1. The third kappa shape index (κ3) is 3.77. The maximum atomic E-state index is 9.43. The first-order chi connectivity index (χ1) is 10.1. The molecule has 3 aliphatic rings. The van der Waals surface area contributed by atoms with Gasteiger partial charge in [-0.3, -0.25) is 10.2 Å². The lowest BCUT2D eigenvalue weighted by molar-refractivity contribution is 0.213. The molecule has 2 heterocycles. The molecule has 4 nitrogen and oxygen atoms in total. The molecule has 0 radical (unpaired) electrons. The molecule has 4 heteroatoms. The Hall–Kier alpha value is -0.630. The lowest BCUT2D eigenvalue weighted by Gasteiger charge is -2.28. The second-order valence-electron chi connectivity index (χ2n) is 7.61. The van der Waals surface area contributed by atoms with Crippen molar-refractivity contribution in [2.24, 2.45) is 0 Å². The van der Waals surface area contributed by atoms with Gasteiger partial charge < -0.3 is 4.90 Å². The average Bonchev–Trinajstić information content (AvgIpc) is 3.20. The minimum Gasteiger partial charge on any atom is -0.302 e. The standard InChI is InChI=1S/C17H30N4/c1-17(13-18,19-14-4-5-14)9-3-10-21-11-8-15-6-7-16(12-21)20(15)2/h14-16,19H,3-12H2,1-2H3. The Kier molecular flexibility index (Phi) is 4.54. The van der Waals surface area contributed by atoms with E-state index in [1.165, 1.54) is 45.2 Å². The maximum Gasteiger partial charge on any atom is 0.104 e. The van der Waals surface area contributed by atoms with Crippen molar-refractivity contribution in [1.29, 1.82) is 5.26 Å². The van der Waals surface area contributed by atoms with Gasteiger partial charge in [-0.05, 0) is 72.0 Å². The van der Waals surface area contributed by atoms with Gasteiger partial charge in [0, 0.05) is 24.7 Å². The van der Waals surface area contributed by atoms with Crippen LogP contribution in [0.15, 0.2) is 0 Å². The molecule has 0 aromatic carbocycles. The SMILES string of the molecule is CN1C2CCC1CN(CCCC(C)(C#N)NC1CC1)CC2. The van der Waals surface area contributed by atoms with Crippen molar-refractivity contribution < 1.29 is 0 Å². The summed E-state index contributed by atoms with van der Waals surface area (Å²) in [6.07, 6.45) is 8.69. The molecule has 0 amide bonds. The number of rotatable bonds is 6. The van der Waals surface area contributed by atoms with Crippen LogP contribution >= 0.6 is 0 Å². The molecule has 2 aliphatic heterocycles. The summed E-state index contributed by atoms with van der Waals surface area (Å²) in [7, 11) is 2.30. The molecule has 0 aromatic heterocycles. The first-order valence-corrected chi connectivity index (χ1v) is 8.73. The van der Waals surface area contributed by atoms with E-state index in [1.807, 2.05) is 0 Å². The Morgan fingerprint density at radius 1 is 1.19 bits per heavy atom. The van der Waals surface area contributed by atoms with Crippen molar-refractivity contribution >= 4 is 0 Å². The fourth-order valence-electron chi connectivity index (χ4n) is 4.08. The zero-order valence-electron chi connectivity index (χ0n) is 13.6. The molecule has 2 bridgehead atoms. The van der Waals surface area contributed by atoms with Gasteiger partial charge in [0.15, 0.2) is 0 Å². The smallest absolute Gasteiger partial charge is 0.104 e. The number of likely N-dealkylation sites (N-methyl/N-ethyl adjacent to an activating group) is 1. The highest BCUT2D eigenvalue weighted by atomic mass is 15.3. The quantitative estimate of drug-likeness (QED) is 0.812. The van der Waals surface area contributed by atoms with Crippen LogP contribution in [-0.4, -0.2) is 60.1 Å². The van der Waals surface area contributed by atoms with E-state index < -0.39 is 0 Å². The molecule has 3 rings (SSSR count). The van der Waals surface area contributed by atoms with Crippen molar-refractivity contribution in [2.75, 3.05) is 26.7 Å². The number of fused-ring (bicyclic) bond motifs is 2. The first kappa shape index (κ1) is 15.3. The van der Waals surface area contributed by atoms with Crippen LogP contribution in [0.5, 0.6) is 0 Å². The molecular weight excluding hydrogens is 260 g/mol. The molecule has 1 saturated carbocycles. The normalized spacial score (nSPS) is 33.4. The van der Waals surface area contributed by atoms with Crippen LogP contribution in [0.1, 0.15) is 51.9 Å². The van der Waals surface area contributed by atoms with Crippen LogP contribution < -0.4 is 5.32 Å². The Bertz CT molecular complexity index is 400. The highest BCUT2D eigenvalue weighted by molar-refractivity contribution is 5.07. The van der Waals surface area contributed by atoms with E-state index in [0.717, 1.165) is 31.5 Å². The maximum absolute atomic E-state index is 9.43. The lowest BCUT2D eigenvalue weighted by atomic mass is 9.97. The van der Waals surface area contributed by atoms with Crippen molar-refractivity contribution in [3.63, 3.8) is 0 Å². The van der Waals surface area contributed by atoms with E-state index in [1.54, 1.807) is 0 Å². The molecular formula is C17H30N4. The number of nitrogens with one attached hydrogen (secondary N) is 1. The van der Waals surface area contributed by atoms with Gasteiger partial charge in [0.05, 0.1) is 6.07 Å². The Balaban J connectivity index is 1.43. The molecule has 1 aliphatic carbocycles. The van der Waals surface area contributed by atoms with Crippen LogP contribution in [-0.2, 0) is 0 Å². The largest absolute Gasteiger partial charge is 0.302 e. The summed E-state index contributed by atoms with van der Waals surface area (Å²) in [6, 6.07) is 4.69. The number of nitrogens with zero attached hydrogens (tertiary/aromatic N) is 3. The minimum absolute atomic E-state index is 0.317. The highest BCUT2D eigenvalue weighted by Gasteiger charge is 2.35. The third-order valence-corrected chi connectivity index (χ3v) is 5.73. The zero-order valence-corrected chi connectivity index (χ0v) is 13.6. The fraction of sp³-hybridized carbons (Fsp3) is 0.941. The van der Waals surface area contributed by atoms with E-state index >= 15 is 0 Å². The zero-order chi connectivity index (χ0) is 14.9. The van der Waals surface area contributed by atoms with Crippen LogP contribution in [0.25, 0.3) is 0 Å². The minimum atomic E-state index is -0.317. The second-order valence-corrected chi connectivity index (χ2v) is 7.61. The summed E-state index contributed by atoms with van der Waals surface area (Å²) < 4.78 is 0. The Morgan fingerprint density at radius 3 is 2.67 bits per heavy atom. The molecule has 21 heavy (non-hydrogen) atoms. The van der Waals surface area contributed by atoms with E-state index in [9.17, 15) is 5.26 Å². The Labute approximate surface area is 129 Å². The predicted octanol–water partition coefficient (Wildman–Crippen LogP) is 1.97. The van der Waals surface area contributed by atoms with Gasteiger partial charge in [-0.1, -0.05) is 0 Å². The predicted molar refractivity (Wildman–Crippen MR) is 85.0 cm³/mol. The van der Waals surface area contributed by atoms with Crippen molar-refractivity contribution in [3.8, 4) is 6.07 Å². The van der Waals surface area contributed by atoms with E-state index in [2.05, 4.69) is 35.2 Å². The van der Waals surface area contributed by atoms with Gasteiger partial charge in [0.1, 0.15) is 5.54 Å². The first-order valence-electron chi connectivity index (χ1n) is 8.73. The summed E-state index contributed by atoms with van der Waals surface area (Å²) in [6.45, 7) is 5.70. The van der Waals surface area contributed by atoms with Crippen LogP contribution in [0.3, 0.4) is 0 Å². The van der Waals surface area contributed by atoms with Crippen LogP contribution in [0, 0.1) is 11.3 Å². The lowest BCUT2D eigenvalue weighted by Crippen LogP contribution is -2.43. The molecule has 0 aromatic rings. The monoisotopic (exact) mass is 290 g/mol. The van der Waals surface area contributed by atoms with E-state index in [4.69, 9.17) is 0 Å². The van der Waals surface area contributed by atoms with Crippen LogP contribution in [0.2, 0.25) is 0 Å². The van der Waals surface area contributed by atoms with Gasteiger partial charge in [0.2, 0.25) is 0 Å². The third-order valence-electron chi connectivity index (χ3n) is 5.73. The topological polar surface area (TPSA) is 42.3 Å². The van der Waals surface area contributed by atoms with E-state index in [0.29, 0.717) is 6.04 Å². The van der Waals surface area contributed by atoms with Crippen molar-refractivity contribution in [1.82, 2.24) is 15.1 Å². The number of hydrogen-bond acceptors (Lipinski definition) is 4. The number of likely N-dealkylation sites (tertiary alicyclic amines) is 1. The van der Waals surface area contributed by atoms with Gasteiger partial charge in [-0.15, -0.1) is 0 Å². The number of nitriles is 1. The van der Waals surface area contributed by atoms with Crippen molar-refractivity contribution in [3.05, 3.63) is 0 Å². The van der Waals surface area contributed by atoms with Crippen molar-refractivity contribution in [2.45, 2.75) is 75.5 Å². The summed E-state index contributed by atoms with van der Waals surface area (Å²) in [5.41, 5.74) is -0.317. The summed E-state index contributed by atoms with van der Waals surface area (Å²) >= 11 is 0. The molecule has 118 valence electrons. The van der Waals surface area contributed by atoms with Gasteiger partial charge >= 0.3 is 0 Å². The highest BCUT2D eigenvalue weighted by Crippen LogP contribution is 2.29. The summed E-state index contributed by atoms with van der Waals surface area (Å²) in [5.74, 6) is 0. The summed E-state index contributed by atoms with van der Waals surface area (Å²) in [5, 5.41) is 12.9. The molecule has 1 N–H and O–H groups in total. The molecule has 3 atom stereocenters. The molecule has 0 spiro atoms. The molecule has 2 saturated heterocycles. The van der Waals surface area contributed by atoms with Gasteiger partial charge in [-0.2, -0.15) is 5.26 Å². The second kappa shape index (κ2) is 6.24. The fourth-order valence-corrected chi connectivity index (χ4v) is 4.08. The molecule has 3 fully saturated rings. The van der Waals surface area contributed by atoms with Gasteiger partial charge in [-0.25, -0.2) is 0 Å². The molecule has 3 unspecified atom stereocenters. The Morgan fingerprint density at radius 2 is 1.95 bits per heavy atom. The van der Waals surface area contributed by atoms with Crippen LogP contribution in [0.4, 0.5) is 0 Å². The van der Waals surface area contributed by atoms with E-state index in [-0.39, 0.29) is 5.54 Å². The summed E-state index contributed by atoms with van der Waals surface area (Å²) in [4.78, 5) is 5.24. The average molecular weight is 290 g/mol. The van der Waals surface area contributed by atoms with Gasteiger partial charge in [0.25, 0.3) is 0 Å².